The SMILES string of the molecule is C=CCCC(=N)CC(C)C. The highest BCUT2D eigenvalue weighted by Gasteiger charge is 1.98. The number of nitrogens with one attached hydrogen (secondary N) is 1. The van der Waals surface area contributed by atoms with Crippen molar-refractivity contribution in [2.45, 2.75) is 33.1 Å². The minimum absolute atomic E-state index is 0.623. The second-order valence-corrected chi connectivity index (χ2v) is 3.03. The minimum Gasteiger partial charge on any atom is -0.310 e. The molecule has 0 unspecified atom stereocenters. The van der Waals surface area contributed by atoms with Gasteiger partial charge in [0.2, 0.25) is 0 Å². The molecule has 0 aliphatic heterocycles. The van der Waals surface area contributed by atoms with Gasteiger partial charge in [0.1, 0.15) is 0 Å². The Morgan fingerprint density at radius 3 is 2.60 bits per heavy atom. The van der Waals surface area contributed by atoms with Crippen LogP contribution in [0.3, 0.4) is 0 Å². The van der Waals surface area contributed by atoms with E-state index in [9.17, 15) is 0 Å². The molecule has 58 valence electrons. The van der Waals surface area contributed by atoms with Gasteiger partial charge in [0.25, 0.3) is 0 Å². The first-order valence-corrected chi connectivity index (χ1v) is 3.84. The van der Waals surface area contributed by atoms with Gasteiger partial charge < -0.3 is 5.41 Å². The molecule has 0 aromatic carbocycles. The van der Waals surface area contributed by atoms with Crippen LogP contribution < -0.4 is 0 Å². The molecular formula is C9H17N. The van der Waals surface area contributed by atoms with Gasteiger partial charge >= 0.3 is 0 Å². The third kappa shape index (κ3) is 5.54. The second kappa shape index (κ2) is 5.21. The van der Waals surface area contributed by atoms with Crippen LogP contribution >= 0.6 is 0 Å². The van der Waals surface area contributed by atoms with Gasteiger partial charge in [-0.3, -0.25) is 0 Å². The van der Waals surface area contributed by atoms with Crippen molar-refractivity contribution in [1.29, 1.82) is 5.41 Å². The van der Waals surface area contributed by atoms with Gasteiger partial charge in [-0.15, -0.1) is 6.58 Å². The fraction of sp³-hybridized carbons (Fsp3) is 0.667. The molecule has 0 spiro atoms. The van der Waals surface area contributed by atoms with E-state index in [0.717, 1.165) is 25.0 Å². The third-order valence-electron chi connectivity index (χ3n) is 1.30. The minimum atomic E-state index is 0.623. The summed E-state index contributed by atoms with van der Waals surface area (Å²) >= 11 is 0. The lowest BCUT2D eigenvalue weighted by molar-refractivity contribution is 0.674. The quantitative estimate of drug-likeness (QED) is 0.447. The standard InChI is InChI=1S/C9H17N/c1-4-5-6-9(10)7-8(2)3/h4,8,10H,1,5-7H2,2-3H3. The molecule has 1 N–H and O–H groups in total. The Labute approximate surface area is 63.7 Å². The van der Waals surface area contributed by atoms with Gasteiger partial charge in [0.05, 0.1) is 0 Å². The smallest absolute Gasteiger partial charge is 0.00947 e. The average Bonchev–Trinajstić information content (AvgIpc) is 1.82. The topological polar surface area (TPSA) is 23.9 Å². The summed E-state index contributed by atoms with van der Waals surface area (Å²) in [4.78, 5) is 0. The van der Waals surface area contributed by atoms with Crippen molar-refractivity contribution in [3.05, 3.63) is 12.7 Å². The Morgan fingerprint density at radius 1 is 1.60 bits per heavy atom. The molecule has 0 aromatic heterocycles. The summed E-state index contributed by atoms with van der Waals surface area (Å²) in [7, 11) is 0. The molecule has 0 fully saturated rings. The first kappa shape index (κ1) is 9.41. The molecule has 0 atom stereocenters. The van der Waals surface area contributed by atoms with Crippen molar-refractivity contribution in [3.8, 4) is 0 Å². The van der Waals surface area contributed by atoms with Crippen LogP contribution in [0.1, 0.15) is 33.1 Å². The predicted octanol–water partition coefficient (Wildman–Crippen LogP) is 3.02. The van der Waals surface area contributed by atoms with Crippen molar-refractivity contribution >= 4 is 5.71 Å². The second-order valence-electron chi connectivity index (χ2n) is 3.03. The Balaban J connectivity index is 3.34. The van der Waals surface area contributed by atoms with Crippen LogP contribution in [0, 0.1) is 11.3 Å². The highest BCUT2D eigenvalue weighted by atomic mass is 14.4. The molecule has 10 heavy (non-hydrogen) atoms. The summed E-state index contributed by atoms with van der Waals surface area (Å²) in [6.07, 6.45) is 4.65. The van der Waals surface area contributed by atoms with Crippen molar-refractivity contribution in [1.82, 2.24) is 0 Å². The van der Waals surface area contributed by atoms with E-state index in [1.165, 1.54) is 0 Å². The van der Waals surface area contributed by atoms with Crippen LogP contribution in [0.15, 0.2) is 12.7 Å². The lowest BCUT2D eigenvalue weighted by atomic mass is 10.0. The lowest BCUT2D eigenvalue weighted by Gasteiger charge is -2.03. The Morgan fingerprint density at radius 2 is 2.20 bits per heavy atom. The zero-order valence-electron chi connectivity index (χ0n) is 6.98. The monoisotopic (exact) mass is 139 g/mol. The first-order valence-electron chi connectivity index (χ1n) is 3.84. The molecule has 0 aromatic rings. The van der Waals surface area contributed by atoms with Gasteiger partial charge in [-0.05, 0) is 25.2 Å². The van der Waals surface area contributed by atoms with Gasteiger partial charge in [-0.1, -0.05) is 19.9 Å². The highest BCUT2D eigenvalue weighted by Crippen LogP contribution is 2.04. The van der Waals surface area contributed by atoms with E-state index >= 15 is 0 Å². The van der Waals surface area contributed by atoms with Gasteiger partial charge in [0, 0.05) is 5.71 Å². The van der Waals surface area contributed by atoms with Crippen molar-refractivity contribution in [2.24, 2.45) is 5.92 Å². The summed E-state index contributed by atoms with van der Waals surface area (Å²) in [5.41, 5.74) is 0.856. The molecule has 0 aliphatic rings. The summed E-state index contributed by atoms with van der Waals surface area (Å²) in [5.74, 6) is 0.623. The van der Waals surface area contributed by atoms with Crippen LogP contribution in [-0.2, 0) is 0 Å². The zero-order chi connectivity index (χ0) is 7.98. The van der Waals surface area contributed by atoms with Crippen LogP contribution in [0.5, 0.6) is 0 Å². The zero-order valence-corrected chi connectivity index (χ0v) is 6.98. The van der Waals surface area contributed by atoms with Gasteiger partial charge in [0.15, 0.2) is 0 Å². The van der Waals surface area contributed by atoms with E-state index in [4.69, 9.17) is 5.41 Å². The third-order valence-corrected chi connectivity index (χ3v) is 1.30. The van der Waals surface area contributed by atoms with E-state index in [0.29, 0.717) is 5.92 Å². The lowest BCUT2D eigenvalue weighted by Crippen LogP contribution is -2.00. The summed E-state index contributed by atoms with van der Waals surface area (Å²) in [6, 6.07) is 0. The molecule has 0 radical (unpaired) electrons. The van der Waals surface area contributed by atoms with E-state index in [-0.39, 0.29) is 0 Å². The van der Waals surface area contributed by atoms with Gasteiger partial charge in [-0.2, -0.15) is 0 Å². The van der Waals surface area contributed by atoms with Crippen molar-refractivity contribution < 1.29 is 0 Å². The fourth-order valence-corrected chi connectivity index (χ4v) is 0.871. The average molecular weight is 139 g/mol. The number of rotatable bonds is 5. The van der Waals surface area contributed by atoms with Crippen LogP contribution in [0.4, 0.5) is 0 Å². The highest BCUT2D eigenvalue weighted by molar-refractivity contribution is 5.81. The number of hydrogen-bond acceptors (Lipinski definition) is 1. The first-order chi connectivity index (χ1) is 4.66. The molecule has 0 rings (SSSR count). The molecule has 0 heterocycles. The van der Waals surface area contributed by atoms with Crippen molar-refractivity contribution in [3.63, 3.8) is 0 Å². The van der Waals surface area contributed by atoms with Gasteiger partial charge in [-0.25, -0.2) is 0 Å². The maximum atomic E-state index is 7.47. The fourth-order valence-electron chi connectivity index (χ4n) is 0.871. The van der Waals surface area contributed by atoms with E-state index in [1.54, 1.807) is 0 Å². The molecule has 1 nitrogen and oxygen atoms in total. The Kier molecular flexibility index (Phi) is 4.91. The van der Waals surface area contributed by atoms with Crippen molar-refractivity contribution in [2.75, 3.05) is 0 Å². The Bertz CT molecular complexity index is 114. The molecule has 0 saturated heterocycles. The molecular weight excluding hydrogens is 122 g/mol. The largest absolute Gasteiger partial charge is 0.310 e. The predicted molar refractivity (Wildman–Crippen MR) is 46.6 cm³/mol. The molecule has 0 bridgehead atoms. The van der Waals surface area contributed by atoms with Crippen LogP contribution in [0.25, 0.3) is 0 Å². The van der Waals surface area contributed by atoms with E-state index in [2.05, 4.69) is 20.4 Å². The maximum absolute atomic E-state index is 7.47. The molecule has 1 heteroatoms. The summed E-state index contributed by atoms with van der Waals surface area (Å²) in [5, 5.41) is 7.47. The summed E-state index contributed by atoms with van der Waals surface area (Å²) in [6.45, 7) is 7.90. The van der Waals surface area contributed by atoms with E-state index in [1.807, 2.05) is 6.08 Å². The normalized spacial score (nSPS) is 9.90. The number of hydrogen-bond donors (Lipinski definition) is 1. The Hall–Kier alpha value is -0.590. The summed E-state index contributed by atoms with van der Waals surface area (Å²) < 4.78 is 0. The maximum Gasteiger partial charge on any atom is 0.00947 e. The molecule has 0 saturated carbocycles. The molecule has 0 amide bonds. The van der Waals surface area contributed by atoms with Crippen LogP contribution in [-0.4, -0.2) is 5.71 Å². The van der Waals surface area contributed by atoms with E-state index < -0.39 is 0 Å². The number of allylic oxidation sites excluding steroid dienone is 1. The molecule has 0 aliphatic carbocycles. The van der Waals surface area contributed by atoms with Crippen LogP contribution in [0.2, 0.25) is 0 Å².